The van der Waals surface area contributed by atoms with Gasteiger partial charge >= 0.3 is 0 Å². The molecule has 29 heavy (non-hydrogen) atoms. The lowest BCUT2D eigenvalue weighted by Crippen LogP contribution is -2.40. The number of halogens is 2. The van der Waals surface area contributed by atoms with Crippen LogP contribution < -0.4 is 4.72 Å². The van der Waals surface area contributed by atoms with Gasteiger partial charge in [0, 0.05) is 37.8 Å². The molecule has 1 N–H and O–H groups in total. The van der Waals surface area contributed by atoms with Crippen LogP contribution in [0.2, 0.25) is 10.0 Å². The third-order valence-electron chi connectivity index (χ3n) is 5.14. The van der Waals surface area contributed by atoms with Gasteiger partial charge in [-0.05, 0) is 44.2 Å². The number of rotatable bonds is 5. The SMILES string of the molecule is CNS(=O)(=O)c1cc(C(=O)N2CCC(C(=O)c3ccc(Cl)c(Cl)c3)CC2)n(C)c1. The van der Waals surface area contributed by atoms with Crippen molar-refractivity contribution >= 4 is 44.9 Å². The van der Waals surface area contributed by atoms with Crippen molar-refractivity contribution in [3.8, 4) is 0 Å². The Balaban J connectivity index is 1.68. The number of aromatic nitrogens is 1. The summed E-state index contributed by atoms with van der Waals surface area (Å²) >= 11 is 11.9. The molecule has 1 aliphatic rings. The van der Waals surface area contributed by atoms with Crippen LogP contribution >= 0.6 is 23.2 Å². The van der Waals surface area contributed by atoms with Crippen molar-refractivity contribution in [1.29, 1.82) is 0 Å². The highest BCUT2D eigenvalue weighted by Gasteiger charge is 2.30. The summed E-state index contributed by atoms with van der Waals surface area (Å²) < 4.78 is 27.7. The third kappa shape index (κ3) is 4.50. The molecule has 0 atom stereocenters. The van der Waals surface area contributed by atoms with Gasteiger partial charge in [0.1, 0.15) is 10.6 Å². The number of Topliss-reactive ketones (excluding diaryl/α,β-unsaturated/α-hetero) is 1. The van der Waals surface area contributed by atoms with Crippen molar-refractivity contribution in [3.05, 3.63) is 51.8 Å². The number of carbonyl (C=O) groups excluding carboxylic acids is 2. The van der Waals surface area contributed by atoms with Gasteiger partial charge < -0.3 is 9.47 Å². The van der Waals surface area contributed by atoms with E-state index in [4.69, 9.17) is 23.2 Å². The van der Waals surface area contributed by atoms with Gasteiger partial charge in [-0.2, -0.15) is 0 Å². The molecule has 156 valence electrons. The Morgan fingerprint density at radius 2 is 1.76 bits per heavy atom. The topological polar surface area (TPSA) is 88.5 Å². The largest absolute Gasteiger partial charge is 0.345 e. The van der Waals surface area contributed by atoms with Crippen LogP contribution in [-0.4, -0.2) is 49.7 Å². The summed E-state index contributed by atoms with van der Waals surface area (Å²) in [6.07, 6.45) is 2.45. The lowest BCUT2D eigenvalue weighted by atomic mass is 9.89. The maximum atomic E-state index is 12.9. The molecule has 1 saturated heterocycles. The first-order valence-corrected chi connectivity index (χ1v) is 11.3. The van der Waals surface area contributed by atoms with Gasteiger partial charge in [0.2, 0.25) is 10.0 Å². The van der Waals surface area contributed by atoms with E-state index in [2.05, 4.69) is 4.72 Å². The normalized spacial score (nSPS) is 15.5. The van der Waals surface area contributed by atoms with Crippen LogP contribution in [0.5, 0.6) is 0 Å². The molecule has 0 saturated carbocycles. The van der Waals surface area contributed by atoms with Crippen molar-refractivity contribution in [2.75, 3.05) is 20.1 Å². The second-order valence-corrected chi connectivity index (χ2v) is 9.64. The Labute approximate surface area is 179 Å². The minimum atomic E-state index is -3.63. The Morgan fingerprint density at radius 1 is 1.10 bits per heavy atom. The summed E-state index contributed by atoms with van der Waals surface area (Å²) in [6.45, 7) is 0.825. The molecule has 0 bridgehead atoms. The van der Waals surface area contributed by atoms with Crippen molar-refractivity contribution < 1.29 is 18.0 Å². The molecule has 1 aliphatic heterocycles. The highest BCUT2D eigenvalue weighted by atomic mass is 35.5. The molecule has 1 amide bonds. The Bertz CT molecular complexity index is 1060. The number of nitrogens with one attached hydrogen (secondary N) is 1. The Morgan fingerprint density at radius 3 is 2.34 bits per heavy atom. The standard InChI is InChI=1S/C19H21Cl2N3O4S/c1-22-29(27,28)14-10-17(23(2)11-14)19(26)24-7-5-12(6-8-24)18(25)13-3-4-15(20)16(21)9-13/h3-4,9-12,22H,5-8H2,1-2H3. The van der Waals surface area contributed by atoms with Crippen molar-refractivity contribution in [3.63, 3.8) is 0 Å². The molecule has 3 rings (SSSR count). The molecule has 0 unspecified atom stereocenters. The summed E-state index contributed by atoms with van der Waals surface area (Å²) in [7, 11) is -0.681. The molecule has 2 aromatic rings. The van der Waals surface area contributed by atoms with Crippen LogP contribution in [-0.2, 0) is 17.1 Å². The second kappa shape index (κ2) is 8.47. The molecule has 0 spiro atoms. The molecule has 2 heterocycles. The van der Waals surface area contributed by atoms with Gasteiger partial charge in [0.25, 0.3) is 5.91 Å². The average molecular weight is 458 g/mol. The number of likely N-dealkylation sites (tertiary alicyclic amines) is 1. The number of hydrogen-bond acceptors (Lipinski definition) is 4. The van der Waals surface area contributed by atoms with Gasteiger partial charge in [0.05, 0.1) is 10.0 Å². The van der Waals surface area contributed by atoms with Crippen LogP contribution in [0.4, 0.5) is 0 Å². The van der Waals surface area contributed by atoms with E-state index in [1.54, 1.807) is 30.1 Å². The summed E-state index contributed by atoms with van der Waals surface area (Å²) in [5.41, 5.74) is 0.793. The zero-order chi connectivity index (χ0) is 21.3. The molecular weight excluding hydrogens is 437 g/mol. The van der Waals surface area contributed by atoms with Gasteiger partial charge in [-0.1, -0.05) is 23.2 Å². The number of hydrogen-bond donors (Lipinski definition) is 1. The number of piperidine rings is 1. The molecule has 1 aromatic heterocycles. The molecule has 1 fully saturated rings. The van der Waals surface area contributed by atoms with Crippen LogP contribution in [0.3, 0.4) is 0 Å². The van der Waals surface area contributed by atoms with Gasteiger partial charge in [-0.25, -0.2) is 13.1 Å². The second-order valence-electron chi connectivity index (χ2n) is 6.94. The highest BCUT2D eigenvalue weighted by Crippen LogP contribution is 2.27. The van der Waals surface area contributed by atoms with Crippen LogP contribution in [0.15, 0.2) is 35.4 Å². The molecule has 0 aliphatic carbocycles. The summed E-state index contributed by atoms with van der Waals surface area (Å²) in [5, 5.41) is 0.729. The van der Waals surface area contributed by atoms with E-state index in [0.29, 0.717) is 41.5 Å². The maximum absolute atomic E-state index is 12.9. The monoisotopic (exact) mass is 457 g/mol. The number of sulfonamides is 1. The van der Waals surface area contributed by atoms with Crippen molar-refractivity contribution in [1.82, 2.24) is 14.2 Å². The highest BCUT2D eigenvalue weighted by molar-refractivity contribution is 7.89. The fourth-order valence-electron chi connectivity index (χ4n) is 3.40. The molecule has 0 radical (unpaired) electrons. The van der Waals surface area contributed by atoms with E-state index in [9.17, 15) is 18.0 Å². The van der Waals surface area contributed by atoms with E-state index in [-0.39, 0.29) is 28.2 Å². The number of carbonyl (C=O) groups is 2. The van der Waals surface area contributed by atoms with Crippen LogP contribution in [0, 0.1) is 5.92 Å². The maximum Gasteiger partial charge on any atom is 0.270 e. The van der Waals surface area contributed by atoms with E-state index in [1.165, 1.54) is 23.9 Å². The fraction of sp³-hybridized carbons (Fsp3) is 0.368. The van der Waals surface area contributed by atoms with Gasteiger partial charge in [-0.15, -0.1) is 0 Å². The number of benzene rings is 1. The van der Waals surface area contributed by atoms with Gasteiger partial charge in [0.15, 0.2) is 5.78 Å². The quantitative estimate of drug-likeness (QED) is 0.698. The van der Waals surface area contributed by atoms with Gasteiger partial charge in [-0.3, -0.25) is 9.59 Å². The summed E-state index contributed by atoms with van der Waals surface area (Å²) in [6, 6.07) is 6.18. The van der Waals surface area contributed by atoms with Crippen molar-refractivity contribution in [2.24, 2.45) is 13.0 Å². The zero-order valence-electron chi connectivity index (χ0n) is 16.0. The molecule has 7 nitrogen and oxygen atoms in total. The van der Waals surface area contributed by atoms with Crippen LogP contribution in [0.1, 0.15) is 33.7 Å². The number of nitrogens with zero attached hydrogens (tertiary/aromatic N) is 2. The third-order valence-corrected chi connectivity index (χ3v) is 7.26. The lowest BCUT2D eigenvalue weighted by molar-refractivity contribution is 0.0642. The Hall–Kier alpha value is -1.87. The summed E-state index contributed by atoms with van der Waals surface area (Å²) in [4.78, 5) is 27.3. The smallest absolute Gasteiger partial charge is 0.270 e. The molecule has 1 aromatic carbocycles. The minimum absolute atomic E-state index is 0.0167. The van der Waals surface area contributed by atoms with Crippen molar-refractivity contribution in [2.45, 2.75) is 17.7 Å². The van der Waals surface area contributed by atoms with E-state index in [1.807, 2.05) is 0 Å². The summed E-state index contributed by atoms with van der Waals surface area (Å²) in [5.74, 6) is -0.479. The number of aryl methyl sites for hydroxylation is 1. The molecular formula is C19H21Cl2N3O4S. The zero-order valence-corrected chi connectivity index (χ0v) is 18.3. The first kappa shape index (κ1) is 21.8. The van der Waals surface area contributed by atoms with E-state index < -0.39 is 10.0 Å². The minimum Gasteiger partial charge on any atom is -0.345 e. The van der Waals surface area contributed by atoms with E-state index in [0.717, 1.165) is 0 Å². The Kier molecular flexibility index (Phi) is 6.38. The average Bonchev–Trinajstić information content (AvgIpc) is 3.11. The predicted molar refractivity (Wildman–Crippen MR) is 111 cm³/mol. The first-order chi connectivity index (χ1) is 13.6. The fourth-order valence-corrected chi connectivity index (χ4v) is 4.50. The van der Waals surface area contributed by atoms with Crippen LogP contribution in [0.25, 0.3) is 0 Å². The lowest BCUT2D eigenvalue weighted by Gasteiger charge is -2.31. The predicted octanol–water partition coefficient (Wildman–Crippen LogP) is 2.98. The molecule has 10 heteroatoms. The number of amides is 1. The van der Waals surface area contributed by atoms with E-state index >= 15 is 0 Å². The number of ketones is 1. The first-order valence-electron chi connectivity index (χ1n) is 9.02.